The summed E-state index contributed by atoms with van der Waals surface area (Å²) in [7, 11) is 0. The van der Waals surface area contributed by atoms with Gasteiger partial charge in [0, 0.05) is 35.5 Å². The second-order valence-electron chi connectivity index (χ2n) is 4.88. The van der Waals surface area contributed by atoms with Crippen molar-refractivity contribution < 1.29 is 9.59 Å². The Morgan fingerprint density at radius 2 is 2.14 bits per heavy atom. The summed E-state index contributed by atoms with van der Waals surface area (Å²) in [5, 5.41) is 9.38. The standard InChI is InChI=1S/C14H17Cl2N3O2S/c15-9-1-2-11(16)12(5-9)19-14(21)7-18-13(20)6-10-8-22-4-3-17-10/h1-2,5,10,17H,3-4,6-8H2,(H,18,20)(H,19,21). The average molecular weight is 362 g/mol. The molecule has 0 spiro atoms. The number of nitrogens with one attached hydrogen (secondary N) is 3. The monoisotopic (exact) mass is 361 g/mol. The highest BCUT2D eigenvalue weighted by Gasteiger charge is 2.17. The van der Waals surface area contributed by atoms with Crippen molar-refractivity contribution in [2.24, 2.45) is 0 Å². The molecule has 1 unspecified atom stereocenters. The third kappa shape index (κ3) is 5.68. The molecule has 0 saturated carbocycles. The van der Waals surface area contributed by atoms with Crippen molar-refractivity contribution in [3.05, 3.63) is 28.2 Å². The lowest BCUT2D eigenvalue weighted by Crippen LogP contribution is -2.42. The average Bonchev–Trinajstić information content (AvgIpc) is 2.50. The van der Waals surface area contributed by atoms with Gasteiger partial charge in [-0.3, -0.25) is 9.59 Å². The lowest BCUT2D eigenvalue weighted by molar-refractivity contribution is -0.124. The van der Waals surface area contributed by atoms with Crippen LogP contribution in [0.3, 0.4) is 0 Å². The van der Waals surface area contributed by atoms with E-state index in [-0.39, 0.29) is 24.4 Å². The molecule has 8 heteroatoms. The van der Waals surface area contributed by atoms with Crippen LogP contribution in [0.25, 0.3) is 0 Å². The van der Waals surface area contributed by atoms with Gasteiger partial charge < -0.3 is 16.0 Å². The van der Waals surface area contributed by atoms with Crippen molar-refractivity contribution in [1.29, 1.82) is 0 Å². The molecular weight excluding hydrogens is 345 g/mol. The summed E-state index contributed by atoms with van der Waals surface area (Å²) in [4.78, 5) is 23.6. The minimum atomic E-state index is -0.344. The lowest BCUT2D eigenvalue weighted by atomic mass is 10.2. The van der Waals surface area contributed by atoms with Gasteiger partial charge in [0.05, 0.1) is 17.3 Å². The van der Waals surface area contributed by atoms with E-state index in [1.54, 1.807) is 18.2 Å². The van der Waals surface area contributed by atoms with E-state index in [0.717, 1.165) is 18.1 Å². The van der Waals surface area contributed by atoms with E-state index >= 15 is 0 Å². The Hall–Kier alpha value is -0.950. The van der Waals surface area contributed by atoms with Crippen molar-refractivity contribution in [1.82, 2.24) is 10.6 Å². The molecule has 2 rings (SSSR count). The van der Waals surface area contributed by atoms with Crippen LogP contribution >= 0.6 is 35.0 Å². The van der Waals surface area contributed by atoms with Crippen molar-refractivity contribution in [2.45, 2.75) is 12.5 Å². The van der Waals surface area contributed by atoms with Gasteiger partial charge in [-0.15, -0.1) is 0 Å². The number of thioether (sulfide) groups is 1. The van der Waals surface area contributed by atoms with Crippen LogP contribution in [-0.2, 0) is 9.59 Å². The van der Waals surface area contributed by atoms with Gasteiger partial charge in [-0.1, -0.05) is 23.2 Å². The van der Waals surface area contributed by atoms with E-state index in [1.807, 2.05) is 11.8 Å². The van der Waals surface area contributed by atoms with Crippen LogP contribution in [0.2, 0.25) is 10.0 Å². The Morgan fingerprint density at radius 1 is 1.32 bits per heavy atom. The van der Waals surface area contributed by atoms with Crippen LogP contribution < -0.4 is 16.0 Å². The Labute approximate surface area is 143 Å². The maximum absolute atomic E-state index is 11.8. The summed E-state index contributed by atoms with van der Waals surface area (Å²) < 4.78 is 0. The van der Waals surface area contributed by atoms with Crippen LogP contribution in [-0.4, -0.2) is 42.5 Å². The van der Waals surface area contributed by atoms with Crippen LogP contribution in [0.5, 0.6) is 0 Å². The Balaban J connectivity index is 1.75. The van der Waals surface area contributed by atoms with Gasteiger partial charge in [-0.25, -0.2) is 0 Å². The second kappa shape index (κ2) is 8.62. The van der Waals surface area contributed by atoms with E-state index in [0.29, 0.717) is 22.2 Å². The molecule has 0 aliphatic carbocycles. The summed E-state index contributed by atoms with van der Waals surface area (Å²) in [6.07, 6.45) is 0.373. The molecule has 0 bridgehead atoms. The predicted molar refractivity (Wildman–Crippen MR) is 91.8 cm³/mol. The smallest absolute Gasteiger partial charge is 0.243 e. The first-order valence-electron chi connectivity index (χ1n) is 6.87. The van der Waals surface area contributed by atoms with Crippen LogP contribution in [0, 0.1) is 0 Å². The molecule has 0 radical (unpaired) electrons. The fourth-order valence-electron chi connectivity index (χ4n) is 2.01. The summed E-state index contributed by atoms with van der Waals surface area (Å²) in [5.41, 5.74) is 0.429. The highest BCUT2D eigenvalue weighted by atomic mass is 35.5. The molecule has 1 aromatic carbocycles. The Bertz CT molecular complexity index is 551. The minimum absolute atomic E-state index is 0.0957. The van der Waals surface area contributed by atoms with Crippen molar-refractivity contribution >= 4 is 52.5 Å². The molecule has 120 valence electrons. The number of anilines is 1. The maximum Gasteiger partial charge on any atom is 0.243 e. The van der Waals surface area contributed by atoms with Gasteiger partial charge in [0.1, 0.15) is 0 Å². The molecular formula is C14H17Cl2N3O2S. The van der Waals surface area contributed by atoms with E-state index < -0.39 is 0 Å². The largest absolute Gasteiger partial charge is 0.347 e. The van der Waals surface area contributed by atoms with E-state index in [2.05, 4.69) is 16.0 Å². The summed E-state index contributed by atoms with van der Waals surface area (Å²) >= 11 is 13.6. The highest BCUT2D eigenvalue weighted by molar-refractivity contribution is 7.99. The molecule has 2 amide bonds. The fourth-order valence-corrected chi connectivity index (χ4v) is 3.30. The molecule has 1 aromatic rings. The minimum Gasteiger partial charge on any atom is -0.347 e. The van der Waals surface area contributed by atoms with Crippen LogP contribution in [0.15, 0.2) is 18.2 Å². The Kier molecular flexibility index (Phi) is 6.82. The number of rotatable bonds is 5. The summed E-state index contributed by atoms with van der Waals surface area (Å²) in [5.74, 6) is 1.49. The Morgan fingerprint density at radius 3 is 2.86 bits per heavy atom. The molecule has 1 heterocycles. The zero-order chi connectivity index (χ0) is 15.9. The third-order valence-corrected chi connectivity index (χ3v) is 4.77. The maximum atomic E-state index is 11.8. The number of hydrogen-bond acceptors (Lipinski definition) is 4. The SMILES string of the molecule is O=C(CC1CSCCN1)NCC(=O)Nc1cc(Cl)ccc1Cl. The van der Waals surface area contributed by atoms with Gasteiger partial charge in [0.25, 0.3) is 0 Å². The zero-order valence-electron chi connectivity index (χ0n) is 11.8. The van der Waals surface area contributed by atoms with E-state index in [1.165, 1.54) is 0 Å². The number of hydrogen-bond donors (Lipinski definition) is 3. The number of carbonyl (C=O) groups excluding carboxylic acids is 2. The first-order chi connectivity index (χ1) is 10.5. The molecule has 1 aliphatic rings. The van der Waals surface area contributed by atoms with Crippen molar-refractivity contribution in [2.75, 3.05) is 29.9 Å². The van der Waals surface area contributed by atoms with E-state index in [9.17, 15) is 9.59 Å². The zero-order valence-corrected chi connectivity index (χ0v) is 14.2. The third-order valence-electron chi connectivity index (χ3n) is 3.08. The van der Waals surface area contributed by atoms with Crippen LogP contribution in [0.4, 0.5) is 5.69 Å². The normalized spacial score (nSPS) is 17.8. The predicted octanol–water partition coefficient (Wildman–Crippen LogP) is 2.14. The highest BCUT2D eigenvalue weighted by Crippen LogP contribution is 2.25. The first-order valence-corrected chi connectivity index (χ1v) is 8.78. The molecule has 3 N–H and O–H groups in total. The van der Waals surface area contributed by atoms with E-state index in [4.69, 9.17) is 23.2 Å². The number of benzene rings is 1. The first kappa shape index (κ1) is 17.4. The number of amides is 2. The topological polar surface area (TPSA) is 70.2 Å². The molecule has 1 saturated heterocycles. The molecule has 5 nitrogen and oxygen atoms in total. The molecule has 0 aromatic heterocycles. The van der Waals surface area contributed by atoms with Crippen LogP contribution in [0.1, 0.15) is 6.42 Å². The summed E-state index contributed by atoms with van der Waals surface area (Å²) in [6.45, 7) is 0.817. The summed E-state index contributed by atoms with van der Waals surface area (Å²) in [6, 6.07) is 4.97. The van der Waals surface area contributed by atoms with Gasteiger partial charge >= 0.3 is 0 Å². The molecule has 22 heavy (non-hydrogen) atoms. The van der Waals surface area contributed by atoms with Crippen molar-refractivity contribution in [3.8, 4) is 0 Å². The molecule has 1 aliphatic heterocycles. The molecule has 1 fully saturated rings. The second-order valence-corrected chi connectivity index (χ2v) is 6.87. The fraction of sp³-hybridized carbons (Fsp3) is 0.429. The quantitative estimate of drug-likeness (QED) is 0.751. The number of halogens is 2. The lowest BCUT2D eigenvalue weighted by Gasteiger charge is -2.22. The van der Waals surface area contributed by atoms with Crippen molar-refractivity contribution in [3.63, 3.8) is 0 Å². The van der Waals surface area contributed by atoms with Gasteiger partial charge in [0.2, 0.25) is 11.8 Å². The van der Waals surface area contributed by atoms with Gasteiger partial charge in [-0.05, 0) is 18.2 Å². The number of carbonyl (C=O) groups is 2. The molecule has 1 atom stereocenters. The van der Waals surface area contributed by atoms with Gasteiger partial charge in [0.15, 0.2) is 0 Å². The van der Waals surface area contributed by atoms with Gasteiger partial charge in [-0.2, -0.15) is 11.8 Å².